The van der Waals surface area contributed by atoms with Crippen LogP contribution in [0.15, 0.2) is 0 Å². The van der Waals surface area contributed by atoms with E-state index in [0.29, 0.717) is 12.5 Å². The van der Waals surface area contributed by atoms with Gasteiger partial charge in [-0.3, -0.25) is 4.79 Å². The molecule has 0 aromatic carbocycles. The largest absolute Gasteiger partial charge is 0.391 e. The fraction of sp³-hybridized carbons (Fsp3) is 0.929. The van der Waals surface area contributed by atoms with Crippen molar-refractivity contribution in [2.75, 3.05) is 13.1 Å². The lowest BCUT2D eigenvalue weighted by Crippen LogP contribution is -2.45. The molecule has 17 heavy (non-hydrogen) atoms. The number of hydrogen-bond donors (Lipinski definition) is 1. The number of rotatable bonds is 1. The number of β-amino-alcohol motifs (C(OH)–C–C–N with tert-alkyl or cyclic N) is 1. The zero-order chi connectivity index (χ0) is 12.1. The predicted molar refractivity (Wildman–Crippen MR) is 67.6 cm³/mol. The number of carbonyl (C=O) groups excluding carboxylic acids is 1. The third kappa shape index (κ3) is 3.70. The summed E-state index contributed by atoms with van der Waals surface area (Å²) in [4.78, 5) is 14.3. The van der Waals surface area contributed by atoms with Crippen LogP contribution in [-0.2, 0) is 4.79 Å². The summed E-state index contributed by atoms with van der Waals surface area (Å²) in [5.74, 6) is 0.547. The van der Waals surface area contributed by atoms with Gasteiger partial charge in [0.2, 0.25) is 5.91 Å². The Balaban J connectivity index is 1.87. The van der Waals surface area contributed by atoms with Crippen molar-refractivity contribution in [3.8, 4) is 0 Å². The van der Waals surface area contributed by atoms with Gasteiger partial charge in [-0.25, -0.2) is 0 Å². The molecule has 3 heteroatoms. The van der Waals surface area contributed by atoms with Crippen LogP contribution >= 0.6 is 0 Å². The zero-order valence-electron chi connectivity index (χ0n) is 10.7. The van der Waals surface area contributed by atoms with Gasteiger partial charge in [0.05, 0.1) is 6.10 Å². The third-order valence-electron chi connectivity index (χ3n) is 4.16. The minimum atomic E-state index is -0.291. The smallest absolute Gasteiger partial charge is 0.225 e. The summed E-state index contributed by atoms with van der Waals surface area (Å²) in [6.45, 7) is 1.42. The van der Waals surface area contributed by atoms with E-state index in [1.165, 1.54) is 32.1 Å². The quantitative estimate of drug-likeness (QED) is 0.763. The van der Waals surface area contributed by atoms with Crippen molar-refractivity contribution in [3.63, 3.8) is 0 Å². The molecule has 1 atom stereocenters. The Morgan fingerprint density at radius 3 is 2.24 bits per heavy atom. The summed E-state index contributed by atoms with van der Waals surface area (Å²) >= 11 is 0. The second-order valence-corrected chi connectivity index (χ2v) is 5.62. The molecule has 2 rings (SSSR count). The number of nitrogens with zero attached hydrogens (tertiary/aromatic N) is 1. The topological polar surface area (TPSA) is 40.5 Å². The molecule has 0 spiro atoms. The predicted octanol–water partition coefficient (Wildman–Crippen LogP) is 2.33. The van der Waals surface area contributed by atoms with E-state index < -0.39 is 0 Å². The van der Waals surface area contributed by atoms with Crippen LogP contribution in [0.4, 0.5) is 0 Å². The number of hydrogen-bond acceptors (Lipinski definition) is 2. The molecule has 2 aliphatic rings. The van der Waals surface area contributed by atoms with Gasteiger partial charge in [-0.1, -0.05) is 32.1 Å². The molecular formula is C14H25NO2. The molecule has 3 nitrogen and oxygen atoms in total. The highest BCUT2D eigenvalue weighted by Gasteiger charge is 2.27. The average molecular weight is 239 g/mol. The number of carbonyl (C=O) groups is 1. The number of aliphatic hydroxyl groups excluding tert-OH is 1. The van der Waals surface area contributed by atoms with E-state index in [-0.39, 0.29) is 12.0 Å². The molecule has 2 fully saturated rings. The molecular weight excluding hydrogens is 214 g/mol. The van der Waals surface area contributed by atoms with Gasteiger partial charge in [0.25, 0.3) is 0 Å². The van der Waals surface area contributed by atoms with Gasteiger partial charge in [0.15, 0.2) is 0 Å². The fourth-order valence-corrected chi connectivity index (χ4v) is 3.12. The van der Waals surface area contributed by atoms with Gasteiger partial charge in [-0.15, -0.1) is 0 Å². The van der Waals surface area contributed by atoms with Crippen molar-refractivity contribution in [2.24, 2.45) is 5.92 Å². The molecule has 0 aromatic heterocycles. The van der Waals surface area contributed by atoms with Crippen molar-refractivity contribution in [3.05, 3.63) is 0 Å². The minimum Gasteiger partial charge on any atom is -0.391 e. The Morgan fingerprint density at radius 1 is 0.941 bits per heavy atom. The molecule has 1 saturated heterocycles. The van der Waals surface area contributed by atoms with Gasteiger partial charge in [-0.05, 0) is 25.7 Å². The van der Waals surface area contributed by atoms with Gasteiger partial charge in [0, 0.05) is 19.0 Å². The Hall–Kier alpha value is -0.570. The summed E-state index contributed by atoms with van der Waals surface area (Å²) in [7, 11) is 0. The minimum absolute atomic E-state index is 0.237. The Kier molecular flexibility index (Phi) is 4.84. The molecule has 1 saturated carbocycles. The highest BCUT2D eigenvalue weighted by molar-refractivity contribution is 5.79. The third-order valence-corrected chi connectivity index (χ3v) is 4.16. The van der Waals surface area contributed by atoms with E-state index >= 15 is 0 Å². The molecule has 0 unspecified atom stereocenters. The first-order chi connectivity index (χ1) is 8.27. The van der Waals surface area contributed by atoms with E-state index in [0.717, 1.165) is 32.2 Å². The molecule has 1 aliphatic heterocycles. The number of aliphatic hydroxyl groups is 1. The van der Waals surface area contributed by atoms with E-state index in [1.807, 2.05) is 4.90 Å². The summed E-state index contributed by atoms with van der Waals surface area (Å²) < 4.78 is 0. The van der Waals surface area contributed by atoms with Crippen LogP contribution in [0.25, 0.3) is 0 Å². The molecule has 98 valence electrons. The van der Waals surface area contributed by atoms with Crippen LogP contribution in [0.1, 0.15) is 57.8 Å². The first-order valence-electron chi connectivity index (χ1n) is 7.24. The molecule has 1 heterocycles. The number of piperidine rings is 1. The number of amides is 1. The van der Waals surface area contributed by atoms with Crippen molar-refractivity contribution >= 4 is 5.91 Å². The second-order valence-electron chi connectivity index (χ2n) is 5.62. The highest BCUT2D eigenvalue weighted by atomic mass is 16.3. The van der Waals surface area contributed by atoms with E-state index in [1.54, 1.807) is 0 Å². The Bertz CT molecular complexity index is 247. The van der Waals surface area contributed by atoms with Crippen LogP contribution in [-0.4, -0.2) is 35.1 Å². The van der Waals surface area contributed by atoms with Crippen LogP contribution in [0.2, 0.25) is 0 Å². The van der Waals surface area contributed by atoms with Gasteiger partial charge in [0.1, 0.15) is 0 Å². The van der Waals surface area contributed by atoms with Crippen LogP contribution < -0.4 is 0 Å². The summed E-state index contributed by atoms with van der Waals surface area (Å²) in [6, 6.07) is 0. The zero-order valence-corrected chi connectivity index (χ0v) is 10.7. The Labute approximate surface area is 104 Å². The second kappa shape index (κ2) is 6.39. The summed E-state index contributed by atoms with van der Waals surface area (Å²) in [5.41, 5.74) is 0. The van der Waals surface area contributed by atoms with E-state index in [9.17, 15) is 9.90 Å². The molecule has 1 amide bonds. The lowest BCUT2D eigenvalue weighted by atomic mass is 9.89. The van der Waals surface area contributed by atoms with Crippen molar-refractivity contribution in [1.82, 2.24) is 4.90 Å². The first kappa shape index (κ1) is 12.9. The Morgan fingerprint density at radius 2 is 1.59 bits per heavy atom. The van der Waals surface area contributed by atoms with Crippen LogP contribution in [0.5, 0.6) is 0 Å². The SMILES string of the molecule is O=C(C1CCCCCCC1)N1CCC[C@H](O)C1. The normalized spacial score (nSPS) is 28.5. The fourth-order valence-electron chi connectivity index (χ4n) is 3.12. The van der Waals surface area contributed by atoms with Crippen molar-refractivity contribution in [1.29, 1.82) is 0 Å². The molecule has 1 aliphatic carbocycles. The molecule has 1 N–H and O–H groups in total. The molecule has 0 radical (unpaired) electrons. The van der Waals surface area contributed by atoms with Gasteiger partial charge >= 0.3 is 0 Å². The molecule has 0 bridgehead atoms. The first-order valence-corrected chi connectivity index (χ1v) is 7.24. The van der Waals surface area contributed by atoms with E-state index in [2.05, 4.69) is 0 Å². The van der Waals surface area contributed by atoms with Crippen molar-refractivity contribution < 1.29 is 9.90 Å². The maximum atomic E-state index is 12.4. The summed E-state index contributed by atoms with van der Waals surface area (Å²) in [6.07, 6.45) is 9.95. The molecule has 0 aromatic rings. The lowest BCUT2D eigenvalue weighted by Gasteiger charge is -2.33. The van der Waals surface area contributed by atoms with Crippen molar-refractivity contribution in [2.45, 2.75) is 63.9 Å². The summed E-state index contributed by atoms with van der Waals surface area (Å²) in [5, 5.41) is 9.63. The lowest BCUT2D eigenvalue weighted by molar-refractivity contribution is -0.139. The highest BCUT2D eigenvalue weighted by Crippen LogP contribution is 2.25. The maximum absolute atomic E-state index is 12.4. The van der Waals surface area contributed by atoms with Gasteiger partial charge < -0.3 is 10.0 Å². The standard InChI is InChI=1S/C14H25NO2/c16-13-9-6-10-15(11-13)14(17)12-7-4-2-1-3-5-8-12/h12-13,16H,1-11H2/t13-/m0/s1. The maximum Gasteiger partial charge on any atom is 0.225 e. The van der Waals surface area contributed by atoms with E-state index in [4.69, 9.17) is 0 Å². The monoisotopic (exact) mass is 239 g/mol. The number of likely N-dealkylation sites (tertiary alicyclic amines) is 1. The van der Waals surface area contributed by atoms with Crippen LogP contribution in [0, 0.1) is 5.92 Å². The average Bonchev–Trinajstić information content (AvgIpc) is 2.28. The van der Waals surface area contributed by atoms with Gasteiger partial charge in [-0.2, -0.15) is 0 Å². The van der Waals surface area contributed by atoms with Crippen LogP contribution in [0.3, 0.4) is 0 Å².